The van der Waals surface area contributed by atoms with Crippen LogP contribution in [-0.2, 0) is 6.54 Å². The number of urea groups is 1. The molecule has 0 fully saturated rings. The van der Waals surface area contributed by atoms with Crippen LogP contribution in [0.25, 0.3) is 0 Å². The summed E-state index contributed by atoms with van der Waals surface area (Å²) >= 11 is 6.14. The van der Waals surface area contributed by atoms with Crippen LogP contribution in [0.3, 0.4) is 0 Å². The Bertz CT molecular complexity index is 727. The number of benzene rings is 2. The maximum atomic E-state index is 12.4. The topological polar surface area (TPSA) is 41.1 Å². The molecule has 2 amide bonds. The minimum absolute atomic E-state index is 0.202. The fraction of sp³-hybridized carbons (Fsp3) is 0.381. The minimum atomic E-state index is -0.202. The Hall–Kier alpha value is -2.00. The summed E-state index contributed by atoms with van der Waals surface area (Å²) in [5.41, 5.74) is 5.24. The highest BCUT2D eigenvalue weighted by atomic mass is 35.5. The van der Waals surface area contributed by atoms with E-state index in [2.05, 4.69) is 56.5 Å². The van der Waals surface area contributed by atoms with Crippen LogP contribution in [0.5, 0.6) is 0 Å². The van der Waals surface area contributed by atoms with Gasteiger partial charge in [0, 0.05) is 17.3 Å². The van der Waals surface area contributed by atoms with E-state index in [9.17, 15) is 4.79 Å². The fourth-order valence-electron chi connectivity index (χ4n) is 2.78. The largest absolute Gasteiger partial charge is 0.334 e. The Morgan fingerprint density at radius 1 is 1.04 bits per heavy atom. The molecule has 0 aliphatic heterocycles. The minimum Gasteiger partial charge on any atom is -0.334 e. The monoisotopic (exact) mass is 358 g/mol. The summed E-state index contributed by atoms with van der Waals surface area (Å²) in [7, 11) is 0. The number of rotatable bonds is 5. The molecule has 0 atom stereocenters. The van der Waals surface area contributed by atoms with Crippen molar-refractivity contribution in [2.75, 3.05) is 5.32 Å². The van der Waals surface area contributed by atoms with Crippen LogP contribution in [0.2, 0.25) is 5.02 Å². The highest BCUT2D eigenvalue weighted by Crippen LogP contribution is 2.32. The molecule has 0 radical (unpaired) electrons. The van der Waals surface area contributed by atoms with Gasteiger partial charge in [0.1, 0.15) is 0 Å². The van der Waals surface area contributed by atoms with Gasteiger partial charge in [0.15, 0.2) is 0 Å². The van der Waals surface area contributed by atoms with E-state index in [0.717, 1.165) is 27.9 Å². The predicted molar refractivity (Wildman–Crippen MR) is 107 cm³/mol. The molecule has 25 heavy (non-hydrogen) atoms. The molecule has 0 unspecified atom stereocenters. The second-order valence-electron chi connectivity index (χ2n) is 7.01. The molecule has 2 N–H and O–H groups in total. The quantitative estimate of drug-likeness (QED) is 0.654. The van der Waals surface area contributed by atoms with Gasteiger partial charge in [-0.25, -0.2) is 4.79 Å². The zero-order valence-electron chi connectivity index (χ0n) is 15.6. The van der Waals surface area contributed by atoms with Crippen molar-refractivity contribution in [2.45, 2.75) is 53.0 Å². The Morgan fingerprint density at radius 3 is 2.16 bits per heavy atom. The summed E-state index contributed by atoms with van der Waals surface area (Å²) < 4.78 is 0. The zero-order chi connectivity index (χ0) is 18.6. The Labute approximate surface area is 155 Å². The number of aryl methyl sites for hydroxylation is 1. The second kappa shape index (κ2) is 8.39. The molecule has 2 aromatic carbocycles. The van der Waals surface area contributed by atoms with E-state index in [0.29, 0.717) is 23.4 Å². The molecule has 0 saturated heterocycles. The van der Waals surface area contributed by atoms with Crippen molar-refractivity contribution in [1.82, 2.24) is 5.32 Å². The molecule has 4 heteroatoms. The molecule has 134 valence electrons. The van der Waals surface area contributed by atoms with Gasteiger partial charge in [-0.3, -0.25) is 0 Å². The molecular weight excluding hydrogens is 332 g/mol. The van der Waals surface area contributed by atoms with Gasteiger partial charge < -0.3 is 10.6 Å². The Morgan fingerprint density at radius 2 is 1.64 bits per heavy atom. The van der Waals surface area contributed by atoms with Crippen LogP contribution in [0.15, 0.2) is 36.4 Å². The highest BCUT2D eigenvalue weighted by molar-refractivity contribution is 6.31. The van der Waals surface area contributed by atoms with E-state index in [1.807, 2.05) is 25.1 Å². The van der Waals surface area contributed by atoms with Crippen molar-refractivity contribution in [3.63, 3.8) is 0 Å². The first-order valence-corrected chi connectivity index (χ1v) is 9.10. The molecule has 0 aliphatic rings. The lowest BCUT2D eigenvalue weighted by molar-refractivity contribution is 0.251. The van der Waals surface area contributed by atoms with Crippen LogP contribution in [-0.4, -0.2) is 6.03 Å². The number of hydrogen-bond donors (Lipinski definition) is 2. The lowest BCUT2D eigenvalue weighted by Gasteiger charge is -2.20. The standard InChI is InChI=1S/C21H27ClN2O/c1-13(2)17-7-6-8-18(14(3)4)20(17)24-21(25)23-12-16-10-9-15(5)19(22)11-16/h6-11,13-14H,12H2,1-5H3,(H2,23,24,25). The first-order valence-electron chi connectivity index (χ1n) is 8.72. The number of nitrogens with one attached hydrogen (secondary N) is 2. The van der Waals surface area contributed by atoms with Crippen LogP contribution in [0, 0.1) is 6.92 Å². The number of carbonyl (C=O) groups excluding carboxylic acids is 1. The first-order chi connectivity index (χ1) is 11.8. The Kier molecular flexibility index (Phi) is 6.49. The van der Waals surface area contributed by atoms with Gasteiger partial charge in [-0.05, 0) is 47.1 Å². The fourth-order valence-corrected chi connectivity index (χ4v) is 2.98. The highest BCUT2D eigenvalue weighted by Gasteiger charge is 2.15. The number of halogens is 1. The van der Waals surface area contributed by atoms with E-state index >= 15 is 0 Å². The molecule has 0 saturated carbocycles. The van der Waals surface area contributed by atoms with Gasteiger partial charge in [0.05, 0.1) is 0 Å². The first kappa shape index (κ1) is 19.3. The molecule has 0 heterocycles. The van der Waals surface area contributed by atoms with Crippen LogP contribution in [0.4, 0.5) is 10.5 Å². The van der Waals surface area contributed by atoms with E-state index in [4.69, 9.17) is 11.6 Å². The maximum Gasteiger partial charge on any atom is 0.319 e. The van der Waals surface area contributed by atoms with Crippen molar-refractivity contribution >= 4 is 23.3 Å². The SMILES string of the molecule is Cc1ccc(CNC(=O)Nc2c(C(C)C)cccc2C(C)C)cc1Cl. The van der Waals surface area contributed by atoms with Crippen molar-refractivity contribution in [2.24, 2.45) is 0 Å². The molecule has 0 aromatic heterocycles. The van der Waals surface area contributed by atoms with E-state index in [1.165, 1.54) is 0 Å². The third-order valence-corrected chi connectivity index (χ3v) is 4.71. The number of hydrogen-bond acceptors (Lipinski definition) is 1. The molecule has 2 rings (SSSR count). The molecule has 0 aliphatic carbocycles. The summed E-state index contributed by atoms with van der Waals surface area (Å²) in [4.78, 5) is 12.4. The van der Waals surface area contributed by atoms with Crippen molar-refractivity contribution in [1.29, 1.82) is 0 Å². The third-order valence-electron chi connectivity index (χ3n) is 4.30. The smallest absolute Gasteiger partial charge is 0.319 e. The zero-order valence-corrected chi connectivity index (χ0v) is 16.4. The number of carbonyl (C=O) groups is 1. The van der Waals surface area contributed by atoms with Gasteiger partial charge in [0.2, 0.25) is 0 Å². The van der Waals surface area contributed by atoms with Crippen LogP contribution < -0.4 is 10.6 Å². The molecule has 0 bridgehead atoms. The average Bonchev–Trinajstić information content (AvgIpc) is 2.55. The van der Waals surface area contributed by atoms with Gasteiger partial charge in [-0.2, -0.15) is 0 Å². The third kappa shape index (κ3) is 4.99. The summed E-state index contributed by atoms with van der Waals surface area (Å²) in [6.07, 6.45) is 0. The van der Waals surface area contributed by atoms with Gasteiger partial charge in [-0.1, -0.05) is 69.6 Å². The molecular formula is C21H27ClN2O. The van der Waals surface area contributed by atoms with Gasteiger partial charge >= 0.3 is 6.03 Å². The Balaban J connectivity index is 2.13. The second-order valence-corrected chi connectivity index (χ2v) is 7.42. The maximum absolute atomic E-state index is 12.4. The van der Waals surface area contributed by atoms with Crippen LogP contribution >= 0.6 is 11.6 Å². The summed E-state index contributed by atoms with van der Waals surface area (Å²) in [6, 6.07) is 11.8. The molecule has 3 nitrogen and oxygen atoms in total. The summed E-state index contributed by atoms with van der Waals surface area (Å²) in [5, 5.41) is 6.69. The van der Waals surface area contributed by atoms with E-state index in [-0.39, 0.29) is 6.03 Å². The summed E-state index contributed by atoms with van der Waals surface area (Å²) in [6.45, 7) is 10.9. The molecule has 0 spiro atoms. The molecule has 2 aromatic rings. The van der Waals surface area contributed by atoms with Crippen LogP contribution in [0.1, 0.15) is 61.8 Å². The average molecular weight is 359 g/mol. The van der Waals surface area contributed by atoms with Gasteiger partial charge in [-0.15, -0.1) is 0 Å². The lowest BCUT2D eigenvalue weighted by atomic mass is 9.93. The number of amides is 2. The van der Waals surface area contributed by atoms with E-state index in [1.54, 1.807) is 0 Å². The van der Waals surface area contributed by atoms with Gasteiger partial charge in [0.25, 0.3) is 0 Å². The number of para-hydroxylation sites is 1. The normalized spacial score (nSPS) is 11.0. The lowest BCUT2D eigenvalue weighted by Crippen LogP contribution is -2.29. The number of anilines is 1. The van der Waals surface area contributed by atoms with Crippen molar-refractivity contribution in [3.05, 3.63) is 63.7 Å². The predicted octanol–water partition coefficient (Wildman–Crippen LogP) is 6.22. The van der Waals surface area contributed by atoms with Crippen molar-refractivity contribution < 1.29 is 4.79 Å². The van der Waals surface area contributed by atoms with E-state index < -0.39 is 0 Å². The van der Waals surface area contributed by atoms with Crippen molar-refractivity contribution in [3.8, 4) is 0 Å². The summed E-state index contributed by atoms with van der Waals surface area (Å²) in [5.74, 6) is 0.676.